The zero-order valence-corrected chi connectivity index (χ0v) is 13.9. The number of methoxy groups -OCH3 is 1. The van der Waals surface area contributed by atoms with E-state index < -0.39 is 34.6 Å². The molecule has 1 fully saturated rings. The van der Waals surface area contributed by atoms with Gasteiger partial charge in [-0.2, -0.15) is 0 Å². The van der Waals surface area contributed by atoms with Gasteiger partial charge in [0, 0.05) is 17.8 Å². The lowest BCUT2D eigenvalue weighted by Crippen LogP contribution is -2.56. The number of nitro groups is 1. The highest BCUT2D eigenvalue weighted by atomic mass is 16.7. The van der Waals surface area contributed by atoms with Crippen molar-refractivity contribution >= 4 is 17.8 Å². The van der Waals surface area contributed by atoms with Gasteiger partial charge in [0.25, 0.3) is 5.69 Å². The zero-order valence-electron chi connectivity index (χ0n) is 13.9. The van der Waals surface area contributed by atoms with Gasteiger partial charge in [-0.3, -0.25) is 14.9 Å². The summed E-state index contributed by atoms with van der Waals surface area (Å²) in [4.78, 5) is 34.4. The molecule has 0 bridgehead atoms. The van der Waals surface area contributed by atoms with Gasteiger partial charge in [-0.05, 0) is 12.5 Å². The molecule has 2 N–H and O–H groups in total. The minimum Gasteiger partial charge on any atom is -0.460 e. The molecule has 0 radical (unpaired) electrons. The number of fused-ring (bicyclic) bond motifs is 1. The standard InChI is InChI=1S/C16H16N2O8/c1-8-13(26-15(20)24-2)11(9-4-3-5-10(6-9)18(22)23)12-14(19)25-7-16(12,21)17-8/h3-6,11-12,17,21H,7H2,1-2H3. The largest absolute Gasteiger partial charge is 0.513 e. The fourth-order valence-corrected chi connectivity index (χ4v) is 3.30. The van der Waals surface area contributed by atoms with Crippen LogP contribution in [-0.2, 0) is 19.0 Å². The van der Waals surface area contributed by atoms with Crippen LogP contribution in [0.3, 0.4) is 0 Å². The van der Waals surface area contributed by atoms with Crippen molar-refractivity contribution in [2.45, 2.75) is 18.6 Å². The van der Waals surface area contributed by atoms with E-state index in [2.05, 4.69) is 10.1 Å². The Bertz CT molecular complexity index is 820. The number of aliphatic hydroxyl groups is 1. The highest BCUT2D eigenvalue weighted by Crippen LogP contribution is 2.46. The monoisotopic (exact) mass is 364 g/mol. The molecule has 1 saturated heterocycles. The van der Waals surface area contributed by atoms with Crippen LogP contribution in [0.1, 0.15) is 18.4 Å². The normalized spacial score (nSPS) is 27.3. The number of nitro benzene ring substituents is 1. The number of hydrogen-bond acceptors (Lipinski definition) is 9. The van der Waals surface area contributed by atoms with E-state index >= 15 is 0 Å². The molecule has 0 aliphatic carbocycles. The Morgan fingerprint density at radius 3 is 2.88 bits per heavy atom. The summed E-state index contributed by atoms with van der Waals surface area (Å²) in [5.74, 6) is -2.83. The molecule has 1 aromatic rings. The molecule has 2 aliphatic rings. The van der Waals surface area contributed by atoms with Crippen molar-refractivity contribution in [1.82, 2.24) is 5.32 Å². The highest BCUT2D eigenvalue weighted by Gasteiger charge is 2.58. The third-order valence-corrected chi connectivity index (χ3v) is 4.39. The number of nitrogens with zero attached hydrogens (tertiary/aromatic N) is 1. The van der Waals surface area contributed by atoms with E-state index in [9.17, 15) is 24.8 Å². The fourth-order valence-electron chi connectivity index (χ4n) is 3.30. The van der Waals surface area contributed by atoms with Crippen LogP contribution >= 0.6 is 0 Å². The molecule has 1 aromatic carbocycles. The molecular weight excluding hydrogens is 348 g/mol. The van der Waals surface area contributed by atoms with Crippen LogP contribution in [0.25, 0.3) is 0 Å². The lowest BCUT2D eigenvalue weighted by Gasteiger charge is -2.39. The highest BCUT2D eigenvalue weighted by molar-refractivity contribution is 5.79. The van der Waals surface area contributed by atoms with Crippen molar-refractivity contribution < 1.29 is 33.8 Å². The quantitative estimate of drug-likeness (QED) is 0.459. The summed E-state index contributed by atoms with van der Waals surface area (Å²) in [6.07, 6.45) is -1.02. The summed E-state index contributed by atoms with van der Waals surface area (Å²) in [7, 11) is 1.12. The predicted molar refractivity (Wildman–Crippen MR) is 84.6 cm³/mol. The van der Waals surface area contributed by atoms with Crippen LogP contribution < -0.4 is 5.32 Å². The first-order valence-corrected chi connectivity index (χ1v) is 7.65. The minimum atomic E-state index is -1.72. The van der Waals surface area contributed by atoms with Crippen molar-refractivity contribution in [2.75, 3.05) is 13.7 Å². The lowest BCUT2D eigenvalue weighted by atomic mass is 9.76. The van der Waals surface area contributed by atoms with E-state index in [0.717, 1.165) is 7.11 Å². The molecular formula is C16H16N2O8. The number of benzene rings is 1. The van der Waals surface area contributed by atoms with Gasteiger partial charge in [0.05, 0.1) is 18.0 Å². The molecule has 2 aliphatic heterocycles. The molecule has 0 aromatic heterocycles. The molecule has 3 unspecified atom stereocenters. The average molecular weight is 364 g/mol. The van der Waals surface area contributed by atoms with E-state index in [1.807, 2.05) is 0 Å². The minimum absolute atomic E-state index is 0.0193. The van der Waals surface area contributed by atoms with Gasteiger partial charge in [-0.1, -0.05) is 12.1 Å². The van der Waals surface area contributed by atoms with E-state index in [1.54, 1.807) is 13.0 Å². The molecule has 3 rings (SSSR count). The Hall–Kier alpha value is -3.14. The Morgan fingerprint density at radius 1 is 1.50 bits per heavy atom. The van der Waals surface area contributed by atoms with Crippen molar-refractivity contribution in [3.63, 3.8) is 0 Å². The summed E-state index contributed by atoms with van der Waals surface area (Å²) in [5.41, 5.74) is -1.32. The summed E-state index contributed by atoms with van der Waals surface area (Å²) >= 11 is 0. The molecule has 10 heteroatoms. The maximum absolute atomic E-state index is 12.3. The van der Waals surface area contributed by atoms with Crippen LogP contribution in [0.2, 0.25) is 0 Å². The molecule has 0 amide bonds. The van der Waals surface area contributed by atoms with E-state index in [4.69, 9.17) is 9.47 Å². The Balaban J connectivity index is 2.15. The van der Waals surface area contributed by atoms with Gasteiger partial charge in [-0.25, -0.2) is 4.79 Å². The summed E-state index contributed by atoms with van der Waals surface area (Å²) in [6, 6.07) is 5.54. The van der Waals surface area contributed by atoms with Crippen LogP contribution in [0.4, 0.5) is 10.5 Å². The van der Waals surface area contributed by atoms with E-state index in [1.165, 1.54) is 18.2 Å². The molecule has 0 saturated carbocycles. The first kappa shape index (κ1) is 17.7. The molecule has 2 heterocycles. The van der Waals surface area contributed by atoms with Crippen molar-refractivity contribution in [3.05, 3.63) is 51.4 Å². The first-order valence-electron chi connectivity index (χ1n) is 7.65. The summed E-state index contributed by atoms with van der Waals surface area (Å²) in [6.45, 7) is 1.24. The van der Waals surface area contributed by atoms with Gasteiger partial charge < -0.3 is 24.6 Å². The second-order valence-electron chi connectivity index (χ2n) is 6.01. The van der Waals surface area contributed by atoms with Crippen LogP contribution in [0.5, 0.6) is 0 Å². The predicted octanol–water partition coefficient (Wildman–Crippen LogP) is 1.16. The molecule has 26 heavy (non-hydrogen) atoms. The Kier molecular flexibility index (Phi) is 4.28. The molecule has 0 spiro atoms. The van der Waals surface area contributed by atoms with Crippen molar-refractivity contribution in [3.8, 4) is 0 Å². The number of rotatable bonds is 3. The van der Waals surface area contributed by atoms with Gasteiger partial charge in [0.2, 0.25) is 0 Å². The topological polar surface area (TPSA) is 137 Å². The number of ether oxygens (including phenoxy) is 3. The third-order valence-electron chi connectivity index (χ3n) is 4.39. The number of cyclic esters (lactones) is 1. The summed E-state index contributed by atoms with van der Waals surface area (Å²) in [5, 5.41) is 24.6. The van der Waals surface area contributed by atoms with Crippen LogP contribution in [0, 0.1) is 16.0 Å². The molecule has 10 nitrogen and oxygen atoms in total. The van der Waals surface area contributed by atoms with Crippen LogP contribution in [-0.4, -0.2) is 41.6 Å². The Morgan fingerprint density at radius 2 is 2.23 bits per heavy atom. The maximum Gasteiger partial charge on any atom is 0.513 e. The number of nitrogens with one attached hydrogen (secondary N) is 1. The number of non-ortho nitro benzene ring substituents is 1. The lowest BCUT2D eigenvalue weighted by molar-refractivity contribution is -0.384. The van der Waals surface area contributed by atoms with E-state index in [0.29, 0.717) is 5.56 Å². The second kappa shape index (κ2) is 6.30. The van der Waals surface area contributed by atoms with Gasteiger partial charge in [-0.15, -0.1) is 0 Å². The number of carbonyl (C=O) groups excluding carboxylic acids is 2. The fraction of sp³-hybridized carbons (Fsp3) is 0.375. The first-order chi connectivity index (χ1) is 12.3. The van der Waals surface area contributed by atoms with Gasteiger partial charge >= 0.3 is 12.1 Å². The number of esters is 1. The SMILES string of the molecule is COC(=O)OC1=C(C)NC2(O)COC(=O)C2C1c1cccc([N+](=O)[O-])c1. The number of carbonyl (C=O) groups is 2. The van der Waals surface area contributed by atoms with Gasteiger partial charge in [0.1, 0.15) is 18.3 Å². The zero-order chi connectivity index (χ0) is 19.1. The smallest absolute Gasteiger partial charge is 0.460 e. The average Bonchev–Trinajstić information content (AvgIpc) is 2.90. The second-order valence-corrected chi connectivity index (χ2v) is 6.01. The molecule has 138 valence electrons. The number of hydrogen-bond donors (Lipinski definition) is 2. The Labute approximate surface area is 147 Å². The third kappa shape index (κ3) is 2.84. The van der Waals surface area contributed by atoms with Crippen molar-refractivity contribution in [1.29, 1.82) is 0 Å². The molecule has 3 atom stereocenters. The number of allylic oxidation sites excluding steroid dienone is 2. The summed E-state index contributed by atoms with van der Waals surface area (Å²) < 4.78 is 14.7. The van der Waals surface area contributed by atoms with Crippen molar-refractivity contribution in [2.24, 2.45) is 5.92 Å². The maximum atomic E-state index is 12.3. The van der Waals surface area contributed by atoms with E-state index in [-0.39, 0.29) is 23.8 Å². The van der Waals surface area contributed by atoms with Crippen LogP contribution in [0.15, 0.2) is 35.7 Å². The van der Waals surface area contributed by atoms with Gasteiger partial charge in [0.15, 0.2) is 5.72 Å².